The van der Waals surface area contributed by atoms with Crippen LogP contribution >= 0.6 is 0 Å². The van der Waals surface area contributed by atoms with Gasteiger partial charge in [-0.15, -0.1) is 0 Å². The molecule has 0 spiro atoms. The quantitative estimate of drug-likeness (QED) is 0.144. The van der Waals surface area contributed by atoms with Crippen molar-refractivity contribution < 1.29 is 9.90 Å². The van der Waals surface area contributed by atoms with Gasteiger partial charge in [-0.1, -0.05) is 148 Å². The fourth-order valence-corrected chi connectivity index (χ4v) is 5.22. The zero-order valence-corrected chi connectivity index (χ0v) is 22.5. The van der Waals surface area contributed by atoms with Gasteiger partial charge in [-0.2, -0.15) is 0 Å². The number of amides is 1. The zero-order valence-electron chi connectivity index (χ0n) is 22.5. The Morgan fingerprint density at radius 2 is 0.879 bits per heavy atom. The second-order valence-electron chi connectivity index (χ2n) is 10.8. The van der Waals surface area contributed by atoms with E-state index >= 15 is 0 Å². The Morgan fingerprint density at radius 1 is 0.576 bits per heavy atom. The molecule has 3 heteroatoms. The fraction of sp³-hybridized carbons (Fsp3) is 0.967. The molecule has 0 aliphatic carbocycles. The van der Waals surface area contributed by atoms with Crippen LogP contribution in [0.25, 0.3) is 0 Å². The third-order valence-corrected chi connectivity index (χ3v) is 7.53. The van der Waals surface area contributed by atoms with Crippen LogP contribution in [0.15, 0.2) is 0 Å². The molecule has 33 heavy (non-hydrogen) atoms. The number of carbonyl (C=O) groups is 1. The summed E-state index contributed by atoms with van der Waals surface area (Å²) in [5.41, 5.74) is 0. The molecule has 1 saturated heterocycles. The molecule has 0 aromatic carbocycles. The summed E-state index contributed by atoms with van der Waals surface area (Å²) in [5.74, 6) is -0.0315. The highest BCUT2D eigenvalue weighted by molar-refractivity contribution is 5.80. The number of aliphatic hydroxyl groups excluding tert-OH is 1. The molecule has 1 aliphatic rings. The molecule has 0 aromatic rings. The van der Waals surface area contributed by atoms with E-state index in [4.69, 9.17) is 0 Å². The molecule has 1 fully saturated rings. The van der Waals surface area contributed by atoms with Gasteiger partial charge in [0, 0.05) is 13.1 Å². The fourth-order valence-electron chi connectivity index (χ4n) is 5.22. The smallest absolute Gasteiger partial charge is 0.251 e. The Morgan fingerprint density at radius 3 is 1.21 bits per heavy atom. The van der Waals surface area contributed by atoms with Gasteiger partial charge in [0.1, 0.15) is 6.10 Å². The lowest BCUT2D eigenvalue weighted by Crippen LogP contribution is -2.37. The lowest BCUT2D eigenvalue weighted by Gasteiger charge is -2.19. The van der Waals surface area contributed by atoms with Crippen molar-refractivity contribution in [2.75, 3.05) is 13.1 Å². The average molecular weight is 466 g/mol. The van der Waals surface area contributed by atoms with Gasteiger partial charge in [0.25, 0.3) is 5.91 Å². The summed E-state index contributed by atoms with van der Waals surface area (Å²) >= 11 is 0. The van der Waals surface area contributed by atoms with Gasteiger partial charge in [-0.05, 0) is 19.3 Å². The summed E-state index contributed by atoms with van der Waals surface area (Å²) in [7, 11) is 0. The highest BCUT2D eigenvalue weighted by atomic mass is 16.3. The van der Waals surface area contributed by atoms with Crippen molar-refractivity contribution in [2.45, 2.75) is 174 Å². The summed E-state index contributed by atoms with van der Waals surface area (Å²) in [4.78, 5) is 13.9. The van der Waals surface area contributed by atoms with E-state index in [0.717, 1.165) is 38.8 Å². The molecule has 0 bridgehead atoms. The van der Waals surface area contributed by atoms with E-state index < -0.39 is 6.10 Å². The van der Waals surface area contributed by atoms with E-state index in [0.29, 0.717) is 6.42 Å². The number of rotatable bonds is 24. The summed E-state index contributed by atoms with van der Waals surface area (Å²) in [5, 5.41) is 10.1. The molecule has 0 aromatic heterocycles. The first-order valence-corrected chi connectivity index (χ1v) is 15.2. The molecular weight excluding hydrogens is 406 g/mol. The molecule has 1 unspecified atom stereocenters. The van der Waals surface area contributed by atoms with E-state index in [9.17, 15) is 9.90 Å². The van der Waals surface area contributed by atoms with Crippen molar-refractivity contribution in [1.82, 2.24) is 4.90 Å². The highest BCUT2D eigenvalue weighted by Gasteiger charge is 2.23. The molecule has 0 saturated carbocycles. The van der Waals surface area contributed by atoms with E-state index in [1.54, 1.807) is 0 Å². The summed E-state index contributed by atoms with van der Waals surface area (Å²) < 4.78 is 0. The Labute approximate surface area is 207 Å². The minimum Gasteiger partial charge on any atom is -0.383 e. The van der Waals surface area contributed by atoms with Gasteiger partial charge in [0.2, 0.25) is 0 Å². The maximum Gasteiger partial charge on any atom is 0.251 e. The molecule has 1 heterocycles. The maximum absolute atomic E-state index is 12.1. The standard InChI is InChI=1S/C30H59NO2/c1-2-3-4-5-6-7-8-9-10-11-12-13-14-15-16-17-18-19-20-21-22-23-26-29(32)30(33)31-27-24-25-28-31/h29,32H,2-28H2,1H3. The SMILES string of the molecule is CCCCCCCCCCCCCCCCCCCCCCCCC(O)C(=O)N1CCCC1. The van der Waals surface area contributed by atoms with Gasteiger partial charge in [0.05, 0.1) is 0 Å². The number of aliphatic hydroxyl groups is 1. The second kappa shape index (κ2) is 23.2. The maximum atomic E-state index is 12.1. The zero-order chi connectivity index (χ0) is 23.8. The van der Waals surface area contributed by atoms with Crippen LogP contribution in [0, 0.1) is 0 Å². The summed E-state index contributed by atoms with van der Waals surface area (Å²) in [6.45, 7) is 3.98. The molecule has 1 rings (SSSR count). The summed E-state index contributed by atoms with van der Waals surface area (Å²) in [6, 6.07) is 0. The van der Waals surface area contributed by atoms with Crippen molar-refractivity contribution >= 4 is 5.91 Å². The third kappa shape index (κ3) is 18.4. The first-order valence-electron chi connectivity index (χ1n) is 15.2. The minimum absolute atomic E-state index is 0.0315. The number of unbranched alkanes of at least 4 members (excludes halogenated alkanes) is 21. The van der Waals surface area contributed by atoms with E-state index in [2.05, 4.69) is 6.92 Å². The van der Waals surface area contributed by atoms with Gasteiger partial charge < -0.3 is 10.0 Å². The van der Waals surface area contributed by atoms with Crippen LogP contribution in [-0.4, -0.2) is 35.1 Å². The van der Waals surface area contributed by atoms with Crippen LogP contribution in [0.2, 0.25) is 0 Å². The van der Waals surface area contributed by atoms with E-state index in [1.807, 2.05) is 4.90 Å². The lowest BCUT2D eigenvalue weighted by molar-refractivity contribution is -0.139. The Balaban J connectivity index is 1.69. The van der Waals surface area contributed by atoms with Crippen molar-refractivity contribution in [2.24, 2.45) is 0 Å². The van der Waals surface area contributed by atoms with Crippen molar-refractivity contribution in [1.29, 1.82) is 0 Å². The highest BCUT2D eigenvalue weighted by Crippen LogP contribution is 2.16. The molecule has 196 valence electrons. The van der Waals surface area contributed by atoms with Gasteiger partial charge in [-0.25, -0.2) is 0 Å². The molecular formula is C30H59NO2. The topological polar surface area (TPSA) is 40.5 Å². The van der Waals surface area contributed by atoms with Crippen LogP contribution in [-0.2, 0) is 4.79 Å². The molecule has 1 N–H and O–H groups in total. The predicted molar refractivity (Wildman–Crippen MR) is 144 cm³/mol. The number of carbonyl (C=O) groups excluding carboxylic acids is 1. The first kappa shape index (κ1) is 30.5. The predicted octanol–water partition coefficient (Wildman–Crippen LogP) is 8.96. The molecule has 0 radical (unpaired) electrons. The monoisotopic (exact) mass is 465 g/mol. The van der Waals surface area contributed by atoms with Gasteiger partial charge >= 0.3 is 0 Å². The van der Waals surface area contributed by atoms with Crippen molar-refractivity contribution in [3.8, 4) is 0 Å². The largest absolute Gasteiger partial charge is 0.383 e. The number of hydrogen-bond acceptors (Lipinski definition) is 2. The number of likely N-dealkylation sites (tertiary alicyclic amines) is 1. The molecule has 1 atom stereocenters. The van der Waals surface area contributed by atoms with E-state index in [-0.39, 0.29) is 5.91 Å². The molecule has 1 aliphatic heterocycles. The van der Waals surface area contributed by atoms with Crippen LogP contribution in [0.3, 0.4) is 0 Å². The Bertz CT molecular complexity index is 420. The number of hydrogen-bond donors (Lipinski definition) is 1. The van der Waals surface area contributed by atoms with Crippen molar-refractivity contribution in [3.05, 3.63) is 0 Å². The normalized spacial score (nSPS) is 14.8. The molecule has 1 amide bonds. The van der Waals surface area contributed by atoms with Crippen LogP contribution in [0.5, 0.6) is 0 Å². The minimum atomic E-state index is -0.756. The van der Waals surface area contributed by atoms with Crippen molar-refractivity contribution in [3.63, 3.8) is 0 Å². The second-order valence-corrected chi connectivity index (χ2v) is 10.8. The average Bonchev–Trinajstić information content (AvgIpc) is 3.36. The summed E-state index contributed by atoms with van der Waals surface area (Å²) in [6.07, 6.45) is 32.6. The van der Waals surface area contributed by atoms with Gasteiger partial charge in [0.15, 0.2) is 0 Å². The van der Waals surface area contributed by atoms with Crippen LogP contribution in [0.4, 0.5) is 0 Å². The van der Waals surface area contributed by atoms with Gasteiger partial charge in [-0.3, -0.25) is 4.79 Å². The Hall–Kier alpha value is -0.570. The Kier molecular flexibility index (Phi) is 21.4. The first-order chi connectivity index (χ1) is 16.3. The number of nitrogens with zero attached hydrogens (tertiary/aromatic N) is 1. The molecule has 3 nitrogen and oxygen atoms in total. The lowest BCUT2D eigenvalue weighted by atomic mass is 10.0. The van der Waals surface area contributed by atoms with Crippen LogP contribution < -0.4 is 0 Å². The van der Waals surface area contributed by atoms with E-state index in [1.165, 1.54) is 128 Å². The third-order valence-electron chi connectivity index (χ3n) is 7.53. The van der Waals surface area contributed by atoms with Crippen LogP contribution in [0.1, 0.15) is 167 Å².